The number of carbonyl (C=O) groups is 1. The zero-order valence-electron chi connectivity index (χ0n) is 11.9. The van der Waals surface area contributed by atoms with Crippen LogP contribution in [0, 0.1) is 0 Å². The highest BCUT2D eigenvalue weighted by molar-refractivity contribution is 9.10. The lowest BCUT2D eigenvalue weighted by Crippen LogP contribution is -2.24. The minimum absolute atomic E-state index is 0.0346. The number of aromatic amines is 1. The third-order valence-electron chi connectivity index (χ3n) is 3.19. The number of amides is 1. The van der Waals surface area contributed by atoms with Crippen LogP contribution in [-0.4, -0.2) is 15.9 Å². The van der Waals surface area contributed by atoms with Crippen LogP contribution in [0.1, 0.15) is 10.4 Å². The molecule has 0 saturated carbocycles. The number of nitrogens with one attached hydrogen (secondary N) is 2. The second-order valence-electron chi connectivity index (χ2n) is 4.80. The number of halogens is 1. The van der Waals surface area contributed by atoms with Crippen molar-refractivity contribution in [2.75, 3.05) is 5.32 Å². The van der Waals surface area contributed by atoms with Crippen molar-refractivity contribution in [3.05, 3.63) is 81.2 Å². The van der Waals surface area contributed by atoms with Crippen molar-refractivity contribution in [3.63, 3.8) is 0 Å². The molecule has 0 atom stereocenters. The summed E-state index contributed by atoms with van der Waals surface area (Å²) in [6.07, 6.45) is 1.29. The smallest absolute Gasteiger partial charge is 0.264 e. The lowest BCUT2D eigenvalue weighted by Gasteiger charge is -2.06. The van der Waals surface area contributed by atoms with Gasteiger partial charge >= 0.3 is 0 Å². The Hall–Kier alpha value is -2.73. The van der Waals surface area contributed by atoms with Gasteiger partial charge in [-0.1, -0.05) is 46.3 Å². The predicted molar refractivity (Wildman–Crippen MR) is 92.4 cm³/mol. The first kappa shape index (κ1) is 15.2. The second kappa shape index (κ2) is 6.58. The van der Waals surface area contributed by atoms with Crippen LogP contribution < -0.4 is 10.9 Å². The van der Waals surface area contributed by atoms with Crippen molar-refractivity contribution in [2.45, 2.75) is 0 Å². The molecule has 114 valence electrons. The van der Waals surface area contributed by atoms with Gasteiger partial charge in [-0.25, -0.2) is 4.98 Å². The summed E-state index contributed by atoms with van der Waals surface area (Å²) in [6, 6.07) is 16.3. The minimum atomic E-state index is -0.499. The fraction of sp³-hybridized carbons (Fsp3) is 0. The third kappa shape index (κ3) is 3.54. The first-order valence-corrected chi connectivity index (χ1v) is 7.64. The van der Waals surface area contributed by atoms with Crippen LogP contribution in [0.5, 0.6) is 0 Å². The minimum Gasteiger partial charge on any atom is -0.322 e. The molecule has 3 rings (SSSR count). The van der Waals surface area contributed by atoms with Gasteiger partial charge in [0, 0.05) is 21.9 Å². The van der Waals surface area contributed by atoms with Crippen LogP contribution in [0.2, 0.25) is 0 Å². The fourth-order valence-electron chi connectivity index (χ4n) is 2.03. The van der Waals surface area contributed by atoms with Crippen LogP contribution in [0.3, 0.4) is 0 Å². The van der Waals surface area contributed by atoms with E-state index in [4.69, 9.17) is 0 Å². The van der Waals surface area contributed by atoms with E-state index in [1.807, 2.05) is 30.3 Å². The second-order valence-corrected chi connectivity index (χ2v) is 5.72. The average molecular weight is 370 g/mol. The number of hydrogen-bond donors (Lipinski definition) is 2. The molecule has 0 spiro atoms. The Morgan fingerprint density at radius 1 is 1.04 bits per heavy atom. The third-order valence-corrected chi connectivity index (χ3v) is 3.72. The zero-order valence-corrected chi connectivity index (χ0v) is 13.5. The van der Waals surface area contributed by atoms with Gasteiger partial charge in [0.2, 0.25) is 0 Å². The summed E-state index contributed by atoms with van der Waals surface area (Å²) in [6.45, 7) is 0. The predicted octanol–water partition coefficient (Wildman–Crippen LogP) is 3.45. The number of hydrogen-bond acceptors (Lipinski definition) is 3. The Labute approximate surface area is 140 Å². The maximum atomic E-state index is 12.2. The largest absolute Gasteiger partial charge is 0.322 e. The Morgan fingerprint density at radius 2 is 1.74 bits per heavy atom. The van der Waals surface area contributed by atoms with Crippen molar-refractivity contribution >= 4 is 27.5 Å². The van der Waals surface area contributed by atoms with Crippen molar-refractivity contribution in [2.24, 2.45) is 0 Å². The van der Waals surface area contributed by atoms with Gasteiger partial charge in [-0.05, 0) is 24.3 Å². The standard InChI is InChI=1S/C17H12BrN3O2/c18-12-6-8-13(9-7-12)20-16(22)14-10-19-15(21-17(14)23)11-4-2-1-3-5-11/h1-10H,(H,20,22)(H,19,21,23). The number of H-pyrrole nitrogens is 1. The van der Waals surface area contributed by atoms with Crippen LogP contribution in [-0.2, 0) is 0 Å². The van der Waals surface area contributed by atoms with Gasteiger partial charge in [0.25, 0.3) is 11.5 Å². The number of rotatable bonds is 3. The Bertz CT molecular complexity index is 890. The molecule has 0 bridgehead atoms. The maximum Gasteiger partial charge on any atom is 0.264 e. The molecule has 0 unspecified atom stereocenters. The van der Waals surface area contributed by atoms with Crippen LogP contribution >= 0.6 is 15.9 Å². The number of aromatic nitrogens is 2. The van der Waals surface area contributed by atoms with Crippen molar-refractivity contribution in [1.82, 2.24) is 9.97 Å². The molecule has 1 heterocycles. The van der Waals surface area contributed by atoms with Gasteiger partial charge in [0.1, 0.15) is 11.4 Å². The summed E-state index contributed by atoms with van der Waals surface area (Å²) in [7, 11) is 0. The van der Waals surface area contributed by atoms with Gasteiger partial charge in [0.15, 0.2) is 0 Å². The Morgan fingerprint density at radius 3 is 2.39 bits per heavy atom. The first-order chi connectivity index (χ1) is 11.1. The summed E-state index contributed by atoms with van der Waals surface area (Å²) < 4.78 is 0.905. The van der Waals surface area contributed by atoms with Crippen LogP contribution in [0.25, 0.3) is 11.4 Å². The monoisotopic (exact) mass is 369 g/mol. The van der Waals surface area contributed by atoms with Crippen LogP contribution in [0.4, 0.5) is 5.69 Å². The summed E-state index contributed by atoms with van der Waals surface area (Å²) in [5.74, 6) is -0.0727. The lowest BCUT2D eigenvalue weighted by molar-refractivity contribution is 0.102. The number of carbonyl (C=O) groups excluding carboxylic acids is 1. The maximum absolute atomic E-state index is 12.2. The zero-order chi connectivity index (χ0) is 16.2. The highest BCUT2D eigenvalue weighted by Crippen LogP contribution is 2.15. The van der Waals surface area contributed by atoms with Gasteiger partial charge in [-0.15, -0.1) is 0 Å². The highest BCUT2D eigenvalue weighted by atomic mass is 79.9. The lowest BCUT2D eigenvalue weighted by atomic mass is 10.2. The topological polar surface area (TPSA) is 74.8 Å². The molecule has 0 aliphatic carbocycles. The van der Waals surface area contributed by atoms with E-state index < -0.39 is 11.5 Å². The molecule has 2 N–H and O–H groups in total. The molecule has 2 aromatic carbocycles. The van der Waals surface area contributed by atoms with E-state index in [-0.39, 0.29) is 5.56 Å². The Kier molecular flexibility index (Phi) is 4.34. The van der Waals surface area contributed by atoms with Crippen molar-refractivity contribution in [1.29, 1.82) is 0 Å². The van der Waals surface area contributed by atoms with E-state index in [9.17, 15) is 9.59 Å². The van der Waals surface area contributed by atoms with E-state index in [0.29, 0.717) is 11.5 Å². The van der Waals surface area contributed by atoms with Crippen molar-refractivity contribution < 1.29 is 4.79 Å². The summed E-state index contributed by atoms with van der Waals surface area (Å²) in [4.78, 5) is 31.1. The quantitative estimate of drug-likeness (QED) is 0.742. The number of nitrogens with zero attached hydrogens (tertiary/aromatic N) is 1. The first-order valence-electron chi connectivity index (χ1n) is 6.85. The average Bonchev–Trinajstić information content (AvgIpc) is 2.57. The number of benzene rings is 2. The summed E-state index contributed by atoms with van der Waals surface area (Å²) in [5, 5.41) is 2.67. The molecular weight excluding hydrogens is 358 g/mol. The van der Waals surface area contributed by atoms with E-state index in [2.05, 4.69) is 31.2 Å². The number of anilines is 1. The molecule has 6 heteroatoms. The SMILES string of the molecule is O=C(Nc1ccc(Br)cc1)c1cnc(-c2ccccc2)[nH]c1=O. The van der Waals surface area contributed by atoms with E-state index in [1.165, 1.54) is 6.20 Å². The summed E-state index contributed by atoms with van der Waals surface area (Å²) >= 11 is 3.32. The molecule has 23 heavy (non-hydrogen) atoms. The molecule has 1 amide bonds. The van der Waals surface area contributed by atoms with Crippen LogP contribution in [0.15, 0.2) is 70.1 Å². The Balaban J connectivity index is 1.84. The van der Waals surface area contributed by atoms with E-state index in [1.54, 1.807) is 24.3 Å². The molecule has 0 aliphatic heterocycles. The van der Waals surface area contributed by atoms with E-state index in [0.717, 1.165) is 10.0 Å². The van der Waals surface area contributed by atoms with Gasteiger partial charge in [-0.2, -0.15) is 0 Å². The molecular formula is C17H12BrN3O2. The highest BCUT2D eigenvalue weighted by Gasteiger charge is 2.12. The molecule has 3 aromatic rings. The molecule has 0 fully saturated rings. The summed E-state index contributed by atoms with van der Waals surface area (Å²) in [5.41, 5.74) is 0.871. The van der Waals surface area contributed by atoms with Crippen molar-refractivity contribution in [3.8, 4) is 11.4 Å². The molecule has 0 aliphatic rings. The van der Waals surface area contributed by atoms with Gasteiger partial charge in [0.05, 0.1) is 0 Å². The van der Waals surface area contributed by atoms with Gasteiger partial charge in [-0.3, -0.25) is 9.59 Å². The molecule has 0 radical (unpaired) electrons. The fourth-order valence-corrected chi connectivity index (χ4v) is 2.30. The molecule has 1 aromatic heterocycles. The van der Waals surface area contributed by atoms with E-state index >= 15 is 0 Å². The molecule has 0 saturated heterocycles. The van der Waals surface area contributed by atoms with Gasteiger partial charge < -0.3 is 10.3 Å². The molecule has 5 nitrogen and oxygen atoms in total. The normalized spacial score (nSPS) is 10.3.